The van der Waals surface area contributed by atoms with Crippen molar-refractivity contribution in [1.82, 2.24) is 4.90 Å². The molecule has 0 saturated carbocycles. The fraction of sp³-hybridized carbons (Fsp3) is 0.185. The number of benzene rings is 2. The summed E-state index contributed by atoms with van der Waals surface area (Å²) in [6.45, 7) is 3.90. The molecule has 2 aromatic carbocycles. The van der Waals surface area contributed by atoms with E-state index in [-0.39, 0.29) is 35.2 Å². The molecule has 1 amide bonds. The van der Waals surface area contributed by atoms with Crippen LogP contribution in [0.3, 0.4) is 0 Å². The van der Waals surface area contributed by atoms with Crippen molar-refractivity contribution in [3.05, 3.63) is 106 Å². The van der Waals surface area contributed by atoms with Crippen LogP contribution in [0.4, 0.5) is 0 Å². The largest absolute Gasteiger partial charge is 0.467 e. The Morgan fingerprint density at radius 2 is 1.70 bits per heavy atom. The van der Waals surface area contributed by atoms with E-state index in [1.807, 2.05) is 11.4 Å². The number of carbonyl (C=O) groups excluding carboxylic acids is 2. The maximum atomic E-state index is 13.1. The molecular weight excluding hydrogens is 514 g/mol. The standard InChI is InChI=1S/C27H25NO7S2/c1-19(2)34-27(30)23-8-3-4-10-25(23)37(31,32)35-21-13-11-20(12-14-21)17-28(18-22-7-5-15-33-22)26(29)24-9-6-16-36-24/h3-16,19H,17-18H2,1-2H3. The third kappa shape index (κ3) is 6.66. The summed E-state index contributed by atoms with van der Waals surface area (Å²) in [5, 5.41) is 1.84. The number of furan rings is 1. The van der Waals surface area contributed by atoms with Gasteiger partial charge in [0.05, 0.1) is 29.4 Å². The van der Waals surface area contributed by atoms with Gasteiger partial charge in [-0.15, -0.1) is 11.3 Å². The minimum atomic E-state index is -4.31. The van der Waals surface area contributed by atoms with Crippen LogP contribution in [0, 0.1) is 0 Å². The van der Waals surface area contributed by atoms with Gasteiger partial charge >= 0.3 is 16.1 Å². The van der Waals surface area contributed by atoms with Crippen LogP contribution in [0.2, 0.25) is 0 Å². The fourth-order valence-electron chi connectivity index (χ4n) is 3.52. The van der Waals surface area contributed by atoms with E-state index in [9.17, 15) is 18.0 Å². The topological polar surface area (TPSA) is 103 Å². The Bertz CT molecular complexity index is 1440. The molecule has 0 unspecified atom stereocenters. The molecule has 0 aliphatic rings. The molecular formula is C27H25NO7S2. The van der Waals surface area contributed by atoms with Crippen molar-refractivity contribution in [3.63, 3.8) is 0 Å². The van der Waals surface area contributed by atoms with E-state index in [1.165, 1.54) is 41.7 Å². The third-order valence-electron chi connectivity index (χ3n) is 5.17. The second-order valence-electron chi connectivity index (χ2n) is 8.35. The maximum Gasteiger partial charge on any atom is 0.340 e. The van der Waals surface area contributed by atoms with Crippen molar-refractivity contribution in [2.75, 3.05) is 0 Å². The van der Waals surface area contributed by atoms with Gasteiger partial charge < -0.3 is 18.2 Å². The first kappa shape index (κ1) is 26.2. The van der Waals surface area contributed by atoms with Gasteiger partial charge in [-0.05, 0) is 67.3 Å². The van der Waals surface area contributed by atoms with Crippen molar-refractivity contribution in [2.24, 2.45) is 0 Å². The van der Waals surface area contributed by atoms with Crippen LogP contribution in [0.15, 0.2) is 93.8 Å². The molecule has 10 heteroatoms. The summed E-state index contributed by atoms with van der Waals surface area (Å²) in [4.78, 5) is 27.4. The Labute approximate surface area is 219 Å². The molecule has 0 N–H and O–H groups in total. The molecule has 0 aliphatic carbocycles. The minimum Gasteiger partial charge on any atom is -0.467 e. The summed E-state index contributed by atoms with van der Waals surface area (Å²) in [7, 11) is -4.31. The Morgan fingerprint density at radius 3 is 2.35 bits per heavy atom. The zero-order chi connectivity index (χ0) is 26.4. The number of amides is 1. The van der Waals surface area contributed by atoms with E-state index in [0.717, 1.165) is 5.56 Å². The van der Waals surface area contributed by atoms with Crippen LogP contribution in [0.1, 0.15) is 45.2 Å². The molecule has 0 spiro atoms. The average Bonchev–Trinajstić information content (AvgIpc) is 3.58. The summed E-state index contributed by atoms with van der Waals surface area (Å²) in [6, 6.07) is 19.2. The normalized spacial score (nSPS) is 11.3. The van der Waals surface area contributed by atoms with Crippen LogP contribution < -0.4 is 4.18 Å². The highest BCUT2D eigenvalue weighted by atomic mass is 32.2. The van der Waals surface area contributed by atoms with Gasteiger partial charge in [0.1, 0.15) is 16.4 Å². The third-order valence-corrected chi connectivity index (χ3v) is 7.33. The summed E-state index contributed by atoms with van der Waals surface area (Å²) >= 11 is 1.35. The average molecular weight is 540 g/mol. The first-order chi connectivity index (χ1) is 17.7. The predicted molar refractivity (Wildman–Crippen MR) is 138 cm³/mol. The van der Waals surface area contributed by atoms with Crippen molar-refractivity contribution in [3.8, 4) is 5.75 Å². The number of carbonyl (C=O) groups is 2. The molecule has 4 rings (SSSR count). The van der Waals surface area contributed by atoms with Gasteiger partial charge in [0.25, 0.3) is 5.91 Å². The van der Waals surface area contributed by atoms with Crippen LogP contribution in [-0.4, -0.2) is 31.3 Å². The molecule has 192 valence electrons. The molecule has 0 fully saturated rings. The lowest BCUT2D eigenvalue weighted by Gasteiger charge is -2.21. The van der Waals surface area contributed by atoms with Crippen LogP contribution in [0.25, 0.3) is 0 Å². The molecule has 2 heterocycles. The molecule has 4 aromatic rings. The number of esters is 1. The van der Waals surface area contributed by atoms with Crippen LogP contribution in [-0.2, 0) is 27.9 Å². The maximum absolute atomic E-state index is 13.1. The van der Waals surface area contributed by atoms with Gasteiger partial charge in [0.15, 0.2) is 0 Å². The minimum absolute atomic E-state index is 0.0675. The summed E-state index contributed by atoms with van der Waals surface area (Å²) in [6.07, 6.45) is 1.15. The lowest BCUT2D eigenvalue weighted by atomic mass is 10.2. The molecule has 8 nitrogen and oxygen atoms in total. The summed E-state index contributed by atoms with van der Waals surface area (Å²) in [5.41, 5.74) is 0.663. The molecule has 37 heavy (non-hydrogen) atoms. The van der Waals surface area contributed by atoms with Gasteiger partial charge in [-0.1, -0.05) is 30.3 Å². The second-order valence-corrected chi connectivity index (χ2v) is 10.8. The van der Waals surface area contributed by atoms with Crippen molar-refractivity contribution < 1.29 is 31.3 Å². The number of thiophene rings is 1. The number of nitrogens with zero attached hydrogens (tertiary/aromatic N) is 1. The number of hydrogen-bond donors (Lipinski definition) is 0. The smallest absolute Gasteiger partial charge is 0.340 e. The van der Waals surface area contributed by atoms with Gasteiger partial charge in [0.2, 0.25) is 0 Å². The Morgan fingerprint density at radius 1 is 0.946 bits per heavy atom. The molecule has 0 radical (unpaired) electrons. The fourth-order valence-corrected chi connectivity index (χ4v) is 5.33. The Balaban J connectivity index is 1.51. The van der Waals surface area contributed by atoms with E-state index in [0.29, 0.717) is 10.6 Å². The van der Waals surface area contributed by atoms with Gasteiger partial charge in [0, 0.05) is 6.54 Å². The summed E-state index contributed by atoms with van der Waals surface area (Å²) in [5.74, 6) is -0.178. The highest BCUT2D eigenvalue weighted by Gasteiger charge is 2.26. The van der Waals surface area contributed by atoms with Crippen molar-refractivity contribution in [1.29, 1.82) is 0 Å². The van der Waals surface area contributed by atoms with Crippen molar-refractivity contribution >= 4 is 33.3 Å². The van der Waals surface area contributed by atoms with Crippen molar-refractivity contribution in [2.45, 2.75) is 37.9 Å². The first-order valence-electron chi connectivity index (χ1n) is 11.4. The number of rotatable bonds is 10. The van der Waals surface area contributed by atoms with Gasteiger partial charge in [-0.25, -0.2) is 4.79 Å². The number of ether oxygens (including phenoxy) is 1. The molecule has 2 aromatic heterocycles. The number of hydrogen-bond acceptors (Lipinski definition) is 8. The summed E-state index contributed by atoms with van der Waals surface area (Å²) < 4.78 is 41.9. The lowest BCUT2D eigenvalue weighted by Crippen LogP contribution is -2.29. The molecule has 0 atom stereocenters. The van der Waals surface area contributed by atoms with E-state index in [1.54, 1.807) is 61.4 Å². The monoisotopic (exact) mass is 539 g/mol. The SMILES string of the molecule is CC(C)OC(=O)c1ccccc1S(=O)(=O)Oc1ccc(CN(Cc2ccco2)C(=O)c2cccs2)cc1. The predicted octanol–water partition coefficient (Wildman–Crippen LogP) is 5.52. The van der Waals surface area contributed by atoms with E-state index in [4.69, 9.17) is 13.3 Å². The van der Waals surface area contributed by atoms with Crippen LogP contribution >= 0.6 is 11.3 Å². The van der Waals surface area contributed by atoms with E-state index < -0.39 is 22.2 Å². The van der Waals surface area contributed by atoms with E-state index in [2.05, 4.69) is 0 Å². The second kappa shape index (κ2) is 11.4. The zero-order valence-electron chi connectivity index (χ0n) is 20.2. The molecule has 0 aliphatic heterocycles. The first-order valence-corrected chi connectivity index (χ1v) is 13.7. The van der Waals surface area contributed by atoms with Crippen LogP contribution in [0.5, 0.6) is 5.75 Å². The molecule has 0 saturated heterocycles. The Kier molecular flexibility index (Phi) is 8.10. The highest BCUT2D eigenvalue weighted by molar-refractivity contribution is 7.87. The molecule has 0 bridgehead atoms. The quantitative estimate of drug-likeness (QED) is 0.193. The van der Waals surface area contributed by atoms with Gasteiger partial charge in [-0.2, -0.15) is 8.42 Å². The van der Waals surface area contributed by atoms with E-state index >= 15 is 0 Å². The lowest BCUT2D eigenvalue weighted by molar-refractivity contribution is 0.0372. The zero-order valence-corrected chi connectivity index (χ0v) is 21.8. The van der Waals surface area contributed by atoms with Gasteiger partial charge in [-0.3, -0.25) is 4.79 Å². The highest BCUT2D eigenvalue weighted by Crippen LogP contribution is 2.24. The Hall–Kier alpha value is -3.89.